The number of anilines is 2. The molecule has 2 heterocycles. The van der Waals surface area contributed by atoms with Gasteiger partial charge in [0.2, 0.25) is 0 Å². The lowest BCUT2D eigenvalue weighted by molar-refractivity contribution is 0.102. The van der Waals surface area contributed by atoms with Crippen LogP contribution in [0.4, 0.5) is 11.4 Å². The summed E-state index contributed by atoms with van der Waals surface area (Å²) in [4.78, 5) is 19.8. The topological polar surface area (TPSA) is 45.2 Å². The van der Waals surface area contributed by atoms with Gasteiger partial charge in [0.05, 0.1) is 5.52 Å². The number of hydrogen-bond donors (Lipinski definition) is 1. The summed E-state index contributed by atoms with van der Waals surface area (Å²) in [5, 5.41) is 4.07. The molecule has 1 aliphatic rings. The molecule has 1 saturated heterocycles. The predicted molar refractivity (Wildman–Crippen MR) is 107 cm³/mol. The predicted octanol–water partition coefficient (Wildman–Crippen LogP) is 4.79. The Morgan fingerprint density at radius 1 is 1.00 bits per heavy atom. The van der Waals surface area contributed by atoms with Crippen molar-refractivity contribution in [2.75, 3.05) is 23.3 Å². The van der Waals surface area contributed by atoms with E-state index in [9.17, 15) is 4.79 Å². The third-order valence-corrected chi connectivity index (χ3v) is 4.90. The third-order valence-electron chi connectivity index (χ3n) is 4.90. The highest BCUT2D eigenvalue weighted by Gasteiger charge is 2.18. The van der Waals surface area contributed by atoms with Crippen LogP contribution in [0, 0.1) is 6.92 Å². The molecule has 1 aromatic heterocycles. The molecular weight excluding hydrogens is 322 g/mol. The fourth-order valence-corrected chi connectivity index (χ4v) is 3.55. The Hall–Kier alpha value is -2.88. The Morgan fingerprint density at radius 2 is 1.77 bits per heavy atom. The molecule has 132 valence electrons. The number of carbonyl (C=O) groups is 1. The van der Waals surface area contributed by atoms with Crippen molar-refractivity contribution in [1.29, 1.82) is 0 Å². The van der Waals surface area contributed by atoms with Crippen molar-refractivity contribution in [2.24, 2.45) is 0 Å². The average Bonchev–Trinajstić information content (AvgIpc) is 2.68. The van der Waals surface area contributed by atoms with Gasteiger partial charge in [0, 0.05) is 29.9 Å². The number of nitrogens with one attached hydrogen (secondary N) is 1. The van der Waals surface area contributed by atoms with E-state index in [-0.39, 0.29) is 5.91 Å². The number of para-hydroxylation sites is 1. The molecule has 0 aliphatic carbocycles. The maximum atomic E-state index is 12.8. The van der Waals surface area contributed by atoms with Gasteiger partial charge in [-0.2, -0.15) is 0 Å². The van der Waals surface area contributed by atoms with Crippen LogP contribution < -0.4 is 10.2 Å². The molecule has 0 saturated carbocycles. The maximum absolute atomic E-state index is 12.8. The van der Waals surface area contributed by atoms with E-state index >= 15 is 0 Å². The van der Waals surface area contributed by atoms with Crippen LogP contribution in [0.1, 0.15) is 35.3 Å². The fraction of sp³-hybridized carbons (Fsp3) is 0.273. The van der Waals surface area contributed by atoms with E-state index in [1.807, 2.05) is 48.5 Å². The number of amides is 1. The molecule has 1 fully saturated rings. The van der Waals surface area contributed by atoms with E-state index in [0.717, 1.165) is 35.4 Å². The van der Waals surface area contributed by atoms with Crippen molar-refractivity contribution in [3.63, 3.8) is 0 Å². The molecule has 0 atom stereocenters. The Kier molecular flexibility index (Phi) is 4.57. The molecule has 1 aliphatic heterocycles. The molecule has 4 nitrogen and oxygen atoms in total. The highest BCUT2D eigenvalue weighted by Crippen LogP contribution is 2.30. The first-order valence-corrected chi connectivity index (χ1v) is 9.23. The number of aromatic nitrogens is 1. The quantitative estimate of drug-likeness (QED) is 0.742. The van der Waals surface area contributed by atoms with Gasteiger partial charge in [-0.1, -0.05) is 29.8 Å². The SMILES string of the molecule is Cc1ccc2nc(C(=O)Nc3ccccc3)cc(N3CCCCC3)c2c1. The van der Waals surface area contributed by atoms with Crippen molar-refractivity contribution < 1.29 is 4.79 Å². The lowest BCUT2D eigenvalue weighted by atomic mass is 10.1. The summed E-state index contributed by atoms with van der Waals surface area (Å²) < 4.78 is 0. The van der Waals surface area contributed by atoms with Gasteiger partial charge in [-0.15, -0.1) is 0 Å². The number of pyridine rings is 1. The minimum Gasteiger partial charge on any atom is -0.371 e. The van der Waals surface area contributed by atoms with Crippen LogP contribution in [0.2, 0.25) is 0 Å². The van der Waals surface area contributed by atoms with Crippen LogP contribution in [-0.2, 0) is 0 Å². The monoisotopic (exact) mass is 345 g/mol. The van der Waals surface area contributed by atoms with Gasteiger partial charge < -0.3 is 10.2 Å². The van der Waals surface area contributed by atoms with Crippen LogP contribution >= 0.6 is 0 Å². The summed E-state index contributed by atoms with van der Waals surface area (Å²) >= 11 is 0. The number of nitrogens with zero attached hydrogens (tertiary/aromatic N) is 2. The molecule has 0 unspecified atom stereocenters. The lowest BCUT2D eigenvalue weighted by Gasteiger charge is -2.30. The zero-order chi connectivity index (χ0) is 17.9. The number of rotatable bonds is 3. The Bertz CT molecular complexity index is 931. The molecule has 26 heavy (non-hydrogen) atoms. The van der Waals surface area contributed by atoms with Crippen molar-refractivity contribution in [2.45, 2.75) is 26.2 Å². The van der Waals surface area contributed by atoms with Crippen LogP contribution in [0.15, 0.2) is 54.6 Å². The van der Waals surface area contributed by atoms with Crippen molar-refractivity contribution >= 4 is 28.2 Å². The summed E-state index contributed by atoms with van der Waals surface area (Å²) in [6.07, 6.45) is 3.67. The van der Waals surface area contributed by atoms with Gasteiger partial charge in [0.25, 0.3) is 5.91 Å². The van der Waals surface area contributed by atoms with Crippen molar-refractivity contribution in [1.82, 2.24) is 4.98 Å². The van der Waals surface area contributed by atoms with Gasteiger partial charge in [0.15, 0.2) is 0 Å². The van der Waals surface area contributed by atoms with Crippen molar-refractivity contribution in [3.8, 4) is 0 Å². The Balaban J connectivity index is 1.75. The van der Waals surface area contributed by atoms with Gasteiger partial charge >= 0.3 is 0 Å². The Labute approximate surface area is 153 Å². The van der Waals surface area contributed by atoms with Crippen LogP contribution in [0.25, 0.3) is 10.9 Å². The van der Waals surface area contributed by atoms with E-state index in [0.29, 0.717) is 5.69 Å². The van der Waals surface area contributed by atoms with Crippen LogP contribution in [0.3, 0.4) is 0 Å². The number of piperidine rings is 1. The number of carbonyl (C=O) groups excluding carboxylic acids is 1. The number of aryl methyl sites for hydroxylation is 1. The molecule has 1 amide bonds. The van der Waals surface area contributed by atoms with Crippen molar-refractivity contribution in [3.05, 3.63) is 65.9 Å². The first kappa shape index (κ1) is 16.6. The lowest BCUT2D eigenvalue weighted by Crippen LogP contribution is -2.30. The van der Waals surface area contributed by atoms with Crippen LogP contribution in [-0.4, -0.2) is 24.0 Å². The van der Waals surface area contributed by atoms with Gasteiger partial charge in [-0.3, -0.25) is 4.79 Å². The number of fused-ring (bicyclic) bond motifs is 1. The average molecular weight is 345 g/mol. The second kappa shape index (κ2) is 7.16. The molecule has 0 radical (unpaired) electrons. The first-order valence-electron chi connectivity index (χ1n) is 9.23. The molecule has 3 aromatic rings. The number of hydrogen-bond acceptors (Lipinski definition) is 3. The molecule has 1 N–H and O–H groups in total. The summed E-state index contributed by atoms with van der Waals surface area (Å²) in [7, 11) is 0. The molecule has 4 heteroatoms. The zero-order valence-electron chi connectivity index (χ0n) is 15.0. The highest BCUT2D eigenvalue weighted by atomic mass is 16.1. The maximum Gasteiger partial charge on any atom is 0.274 e. The van der Waals surface area contributed by atoms with E-state index < -0.39 is 0 Å². The molecule has 0 bridgehead atoms. The van der Waals surface area contributed by atoms with Gasteiger partial charge in [-0.05, 0) is 56.5 Å². The summed E-state index contributed by atoms with van der Waals surface area (Å²) in [5.41, 5.74) is 4.45. The highest BCUT2D eigenvalue weighted by molar-refractivity contribution is 6.06. The van der Waals surface area contributed by atoms with Gasteiger partial charge in [-0.25, -0.2) is 4.98 Å². The minimum absolute atomic E-state index is 0.170. The minimum atomic E-state index is -0.170. The van der Waals surface area contributed by atoms with Gasteiger partial charge in [0.1, 0.15) is 5.69 Å². The molecular formula is C22H23N3O. The molecule has 4 rings (SSSR count). The summed E-state index contributed by atoms with van der Waals surface area (Å²) in [5.74, 6) is -0.170. The van der Waals surface area contributed by atoms with E-state index in [4.69, 9.17) is 0 Å². The summed E-state index contributed by atoms with van der Waals surface area (Å²) in [6.45, 7) is 4.16. The van der Waals surface area contributed by atoms with E-state index in [1.54, 1.807) is 0 Å². The molecule has 0 spiro atoms. The van der Waals surface area contributed by atoms with E-state index in [2.05, 4.69) is 28.2 Å². The smallest absolute Gasteiger partial charge is 0.274 e. The number of benzene rings is 2. The summed E-state index contributed by atoms with van der Waals surface area (Å²) in [6, 6.07) is 17.7. The standard InChI is InChI=1S/C22H23N3O/c1-16-10-11-19-18(14-16)21(25-12-6-3-7-13-25)15-20(24-19)22(26)23-17-8-4-2-5-9-17/h2,4-5,8-11,14-15H,3,6-7,12-13H2,1H3,(H,23,26). The Morgan fingerprint density at radius 3 is 2.54 bits per heavy atom. The normalized spacial score (nSPS) is 14.4. The fourth-order valence-electron chi connectivity index (χ4n) is 3.55. The van der Waals surface area contributed by atoms with Crippen LogP contribution in [0.5, 0.6) is 0 Å². The zero-order valence-corrected chi connectivity index (χ0v) is 15.0. The first-order chi connectivity index (χ1) is 12.7. The largest absolute Gasteiger partial charge is 0.371 e. The third kappa shape index (κ3) is 3.40. The van der Waals surface area contributed by atoms with E-state index in [1.165, 1.54) is 24.8 Å². The molecule has 2 aromatic carbocycles. The second-order valence-electron chi connectivity index (χ2n) is 6.92. The second-order valence-corrected chi connectivity index (χ2v) is 6.92.